The number of benzene rings is 1. The van der Waals surface area contributed by atoms with Crippen LogP contribution < -0.4 is 4.57 Å². The van der Waals surface area contributed by atoms with Crippen LogP contribution in [-0.4, -0.2) is 16.0 Å². The van der Waals surface area contributed by atoms with Crippen molar-refractivity contribution in [3.8, 4) is 11.5 Å². The van der Waals surface area contributed by atoms with Gasteiger partial charge in [0.1, 0.15) is 12.4 Å². The largest absolute Gasteiger partial charge is 0.420 e. The maximum atomic E-state index is 12.9. The Morgan fingerprint density at radius 1 is 1.12 bits per heavy atom. The van der Waals surface area contributed by atoms with E-state index in [0.29, 0.717) is 30.2 Å². The summed E-state index contributed by atoms with van der Waals surface area (Å²) in [5, 5.41) is 8.20. The van der Waals surface area contributed by atoms with E-state index in [9.17, 15) is 9.18 Å². The predicted molar refractivity (Wildman–Crippen MR) is 91.9 cm³/mol. The fraction of sp³-hybridized carbons (Fsp3) is 0.300. The van der Waals surface area contributed by atoms with Gasteiger partial charge in [-0.05, 0) is 37.1 Å². The Labute approximate surface area is 150 Å². The number of ketones is 1. The van der Waals surface area contributed by atoms with Gasteiger partial charge in [0.15, 0.2) is 18.2 Å². The molecule has 132 valence electrons. The number of pyridine rings is 1. The number of halogens is 1. The third-order valence-corrected chi connectivity index (χ3v) is 4.49. The molecule has 0 aliphatic heterocycles. The molecule has 0 spiro atoms. The van der Waals surface area contributed by atoms with E-state index in [1.54, 1.807) is 0 Å². The summed E-state index contributed by atoms with van der Waals surface area (Å²) in [6, 6.07) is 9.55. The highest BCUT2D eigenvalue weighted by Gasteiger charge is 2.29. The van der Waals surface area contributed by atoms with Gasteiger partial charge < -0.3 is 4.42 Å². The van der Waals surface area contributed by atoms with Gasteiger partial charge in [-0.1, -0.05) is 0 Å². The van der Waals surface area contributed by atoms with Crippen molar-refractivity contribution in [2.24, 2.45) is 0 Å². The Morgan fingerprint density at radius 2 is 1.85 bits per heavy atom. The predicted octanol–water partition coefficient (Wildman–Crippen LogP) is 3.70. The van der Waals surface area contributed by atoms with Crippen molar-refractivity contribution in [2.75, 3.05) is 0 Å². The van der Waals surface area contributed by atoms with E-state index in [1.807, 2.05) is 29.1 Å². The van der Waals surface area contributed by atoms with Crippen LogP contribution in [0.4, 0.5) is 4.39 Å². The zero-order valence-corrected chi connectivity index (χ0v) is 14.3. The van der Waals surface area contributed by atoms with Crippen molar-refractivity contribution in [1.29, 1.82) is 0 Å². The Hall–Kier alpha value is -2.89. The summed E-state index contributed by atoms with van der Waals surface area (Å²) in [5.41, 5.74) is 1.44. The second-order valence-corrected chi connectivity index (χ2v) is 6.58. The highest BCUT2D eigenvalue weighted by molar-refractivity contribution is 5.95. The van der Waals surface area contributed by atoms with Gasteiger partial charge in [-0.3, -0.25) is 4.79 Å². The Balaban J connectivity index is 1.31. The smallest absolute Gasteiger partial charge is 0.248 e. The van der Waals surface area contributed by atoms with Gasteiger partial charge in [0.2, 0.25) is 11.8 Å². The summed E-state index contributed by atoms with van der Waals surface area (Å²) < 4.78 is 20.6. The van der Waals surface area contributed by atoms with E-state index in [0.717, 1.165) is 30.8 Å². The molecule has 0 N–H and O–H groups in total. The quantitative estimate of drug-likeness (QED) is 0.480. The number of hydrogen-bond donors (Lipinski definition) is 0. The van der Waals surface area contributed by atoms with Gasteiger partial charge in [-0.15, -0.1) is 10.2 Å². The molecule has 3 aromatic rings. The number of carbonyl (C=O) groups is 1. The minimum absolute atomic E-state index is 0.0284. The fourth-order valence-corrected chi connectivity index (χ4v) is 2.80. The van der Waals surface area contributed by atoms with Crippen LogP contribution in [-0.2, 0) is 6.54 Å². The van der Waals surface area contributed by atoms with E-state index in [2.05, 4.69) is 10.2 Å². The summed E-state index contributed by atoms with van der Waals surface area (Å²) in [6.07, 6.45) is 7.29. The molecule has 0 atom stereocenters. The van der Waals surface area contributed by atoms with Gasteiger partial charge in [-0.25, -0.2) is 8.96 Å². The highest BCUT2D eigenvalue weighted by Crippen LogP contribution is 2.39. The molecule has 0 amide bonds. The average Bonchev–Trinajstić information content (AvgIpc) is 3.40. The van der Waals surface area contributed by atoms with Crippen LogP contribution in [0.5, 0.6) is 0 Å². The van der Waals surface area contributed by atoms with E-state index in [4.69, 9.17) is 4.42 Å². The molecule has 0 bridgehead atoms. The topological polar surface area (TPSA) is 59.9 Å². The van der Waals surface area contributed by atoms with E-state index in [-0.39, 0.29) is 11.6 Å². The highest BCUT2D eigenvalue weighted by atomic mass is 19.1. The second kappa shape index (κ2) is 7.15. The lowest BCUT2D eigenvalue weighted by molar-refractivity contribution is -0.697. The molecular formula is C20H19FN3O2+. The minimum atomic E-state index is -0.331. The second-order valence-electron chi connectivity index (χ2n) is 6.58. The molecule has 0 radical (unpaired) electrons. The lowest BCUT2D eigenvalue weighted by Crippen LogP contribution is -2.32. The van der Waals surface area contributed by atoms with Crippen molar-refractivity contribution in [3.63, 3.8) is 0 Å². The van der Waals surface area contributed by atoms with Crippen molar-refractivity contribution in [3.05, 3.63) is 66.1 Å². The molecule has 1 aliphatic rings. The molecule has 2 heterocycles. The summed E-state index contributed by atoms with van der Waals surface area (Å²) in [4.78, 5) is 12.1. The number of nitrogens with zero attached hydrogens (tertiary/aromatic N) is 3. The number of Topliss-reactive ketones (excluding diaryl/α,β-unsaturated/α-hetero) is 1. The molecule has 5 nitrogen and oxygen atoms in total. The first-order valence-corrected chi connectivity index (χ1v) is 8.81. The Bertz CT molecular complexity index is 900. The first-order chi connectivity index (χ1) is 12.7. The Morgan fingerprint density at radius 3 is 2.54 bits per heavy atom. The van der Waals surface area contributed by atoms with Crippen molar-refractivity contribution < 1.29 is 18.2 Å². The summed E-state index contributed by atoms with van der Waals surface area (Å²) in [7, 11) is 0. The van der Waals surface area contributed by atoms with Crippen LogP contribution in [0.3, 0.4) is 0 Å². The summed E-state index contributed by atoms with van der Waals surface area (Å²) >= 11 is 0. The summed E-state index contributed by atoms with van der Waals surface area (Å²) in [5.74, 6) is 1.42. The molecule has 1 aliphatic carbocycles. The van der Waals surface area contributed by atoms with Crippen LogP contribution in [0.1, 0.15) is 47.8 Å². The Kier molecular flexibility index (Phi) is 4.56. The molecule has 4 rings (SSSR count). The van der Waals surface area contributed by atoms with Gasteiger partial charge in [-0.2, -0.15) is 0 Å². The minimum Gasteiger partial charge on any atom is -0.420 e. The molecule has 26 heavy (non-hydrogen) atoms. The molecule has 1 aromatic carbocycles. The standard InChI is InChI=1S/C20H19FN3O2/c21-17-7-5-14(6-8-17)18(25)2-1-11-24-12-9-16(10-13-24)20-23-22-19(26-20)15-3-4-15/h5-10,12-13,15H,1-4,11H2/q+1. The summed E-state index contributed by atoms with van der Waals surface area (Å²) in [6.45, 7) is 0.727. The van der Waals surface area contributed by atoms with E-state index < -0.39 is 0 Å². The third kappa shape index (κ3) is 3.85. The number of aromatic nitrogens is 3. The number of hydrogen-bond acceptors (Lipinski definition) is 4. The third-order valence-electron chi connectivity index (χ3n) is 4.49. The lowest BCUT2D eigenvalue weighted by Gasteiger charge is -2.00. The molecule has 0 saturated heterocycles. The van der Waals surface area contributed by atoms with Crippen molar-refractivity contribution in [1.82, 2.24) is 10.2 Å². The normalized spacial score (nSPS) is 13.7. The molecule has 0 unspecified atom stereocenters. The zero-order valence-electron chi connectivity index (χ0n) is 14.3. The number of rotatable bonds is 7. The van der Waals surface area contributed by atoms with Crippen LogP contribution in [0.15, 0.2) is 53.2 Å². The van der Waals surface area contributed by atoms with Crippen molar-refractivity contribution >= 4 is 5.78 Å². The van der Waals surface area contributed by atoms with E-state index in [1.165, 1.54) is 24.3 Å². The van der Waals surface area contributed by atoms with Gasteiger partial charge >= 0.3 is 0 Å². The average molecular weight is 352 g/mol. The van der Waals surface area contributed by atoms with Crippen LogP contribution >= 0.6 is 0 Å². The van der Waals surface area contributed by atoms with Gasteiger partial charge in [0, 0.05) is 36.5 Å². The van der Waals surface area contributed by atoms with Gasteiger partial charge in [0.05, 0.1) is 5.56 Å². The first-order valence-electron chi connectivity index (χ1n) is 8.81. The molecule has 2 aromatic heterocycles. The van der Waals surface area contributed by atoms with Crippen molar-refractivity contribution in [2.45, 2.75) is 38.1 Å². The fourth-order valence-electron chi connectivity index (χ4n) is 2.80. The maximum Gasteiger partial charge on any atom is 0.248 e. The molecule has 1 saturated carbocycles. The maximum absolute atomic E-state index is 12.9. The first kappa shape index (κ1) is 16.6. The SMILES string of the molecule is O=C(CCC[n+]1ccc(-c2nnc(C3CC3)o2)cc1)c1ccc(F)cc1. The van der Waals surface area contributed by atoms with Gasteiger partial charge in [0.25, 0.3) is 0 Å². The number of aryl methyl sites for hydroxylation is 1. The molecule has 6 heteroatoms. The lowest BCUT2D eigenvalue weighted by atomic mass is 10.1. The zero-order chi connectivity index (χ0) is 17.9. The molecule has 1 fully saturated rings. The van der Waals surface area contributed by atoms with E-state index >= 15 is 0 Å². The number of carbonyl (C=O) groups excluding carboxylic acids is 1. The van der Waals surface area contributed by atoms with Crippen LogP contribution in [0, 0.1) is 5.82 Å². The molecular weight excluding hydrogens is 333 g/mol. The van der Waals surface area contributed by atoms with Crippen LogP contribution in [0.25, 0.3) is 11.5 Å². The monoisotopic (exact) mass is 352 g/mol. The van der Waals surface area contributed by atoms with Crippen LogP contribution in [0.2, 0.25) is 0 Å².